The Morgan fingerprint density at radius 2 is 1.83 bits per heavy atom. The van der Waals surface area contributed by atoms with Crippen LogP contribution in [0.2, 0.25) is 5.15 Å². The van der Waals surface area contributed by atoms with Crippen molar-refractivity contribution in [3.05, 3.63) is 41.0 Å². The van der Waals surface area contributed by atoms with E-state index in [4.69, 9.17) is 17.3 Å². The Morgan fingerprint density at radius 1 is 1.11 bits per heavy atom. The topological polar surface area (TPSA) is 51.8 Å². The van der Waals surface area contributed by atoms with Crippen molar-refractivity contribution in [2.24, 2.45) is 0 Å². The zero-order valence-corrected chi connectivity index (χ0v) is 9.63. The van der Waals surface area contributed by atoms with E-state index < -0.39 is 11.7 Å². The fourth-order valence-electron chi connectivity index (χ4n) is 1.39. The highest BCUT2D eigenvalue weighted by molar-refractivity contribution is 6.31. The average Bonchev–Trinajstić information content (AvgIpc) is 2.32. The van der Waals surface area contributed by atoms with Gasteiger partial charge in [-0.1, -0.05) is 23.7 Å². The third-order valence-electron chi connectivity index (χ3n) is 2.26. The first-order valence-corrected chi connectivity index (χ1v) is 5.22. The van der Waals surface area contributed by atoms with Crippen molar-refractivity contribution in [2.45, 2.75) is 6.18 Å². The van der Waals surface area contributed by atoms with E-state index in [2.05, 4.69) is 10.2 Å². The molecule has 2 rings (SSSR count). The minimum Gasteiger partial charge on any atom is -0.396 e. The van der Waals surface area contributed by atoms with Gasteiger partial charge in [-0.25, -0.2) is 0 Å². The lowest BCUT2D eigenvalue weighted by Crippen LogP contribution is -2.04. The maximum Gasteiger partial charge on any atom is 0.416 e. The molecule has 0 amide bonds. The number of halogens is 4. The second-order valence-corrected chi connectivity index (χ2v) is 3.91. The minimum atomic E-state index is -4.40. The summed E-state index contributed by atoms with van der Waals surface area (Å²) in [6.07, 6.45) is -4.40. The van der Waals surface area contributed by atoms with Crippen LogP contribution in [0, 0.1) is 0 Å². The normalized spacial score (nSPS) is 11.6. The molecule has 7 heteroatoms. The molecule has 0 unspecified atom stereocenters. The van der Waals surface area contributed by atoms with E-state index in [0.29, 0.717) is 0 Å². The van der Waals surface area contributed by atoms with Crippen LogP contribution in [0.3, 0.4) is 0 Å². The second kappa shape index (κ2) is 4.45. The maximum absolute atomic E-state index is 12.5. The number of aromatic nitrogens is 2. The van der Waals surface area contributed by atoms with Gasteiger partial charge in [0.2, 0.25) is 0 Å². The fraction of sp³-hybridized carbons (Fsp3) is 0.0909. The Balaban J connectivity index is 2.48. The van der Waals surface area contributed by atoms with Gasteiger partial charge in [-0.2, -0.15) is 13.2 Å². The van der Waals surface area contributed by atoms with Crippen molar-refractivity contribution >= 4 is 17.3 Å². The van der Waals surface area contributed by atoms with Crippen molar-refractivity contribution in [2.75, 3.05) is 5.73 Å². The number of nitrogens with two attached hydrogens (primary N) is 1. The van der Waals surface area contributed by atoms with Gasteiger partial charge in [0.1, 0.15) is 0 Å². The smallest absolute Gasteiger partial charge is 0.396 e. The number of nitrogen functional groups attached to an aromatic ring is 1. The maximum atomic E-state index is 12.5. The molecule has 1 heterocycles. The number of rotatable bonds is 1. The molecule has 0 bridgehead atoms. The first-order valence-electron chi connectivity index (χ1n) is 4.84. The quantitative estimate of drug-likeness (QED) is 0.866. The van der Waals surface area contributed by atoms with Crippen LogP contribution in [-0.2, 0) is 6.18 Å². The summed E-state index contributed by atoms with van der Waals surface area (Å²) in [6, 6.07) is 6.13. The SMILES string of the molecule is Nc1cc(-c2cccc(C(F)(F)F)c2)nnc1Cl. The molecule has 1 aromatic heterocycles. The largest absolute Gasteiger partial charge is 0.416 e. The van der Waals surface area contributed by atoms with Gasteiger partial charge in [0.25, 0.3) is 0 Å². The van der Waals surface area contributed by atoms with E-state index in [1.807, 2.05) is 0 Å². The summed E-state index contributed by atoms with van der Waals surface area (Å²) in [4.78, 5) is 0. The van der Waals surface area contributed by atoms with Gasteiger partial charge < -0.3 is 5.73 Å². The molecule has 0 fully saturated rings. The Kier molecular flexibility index (Phi) is 3.13. The predicted octanol–water partition coefficient (Wildman–Crippen LogP) is 3.40. The lowest BCUT2D eigenvalue weighted by Gasteiger charge is -2.08. The Morgan fingerprint density at radius 3 is 2.44 bits per heavy atom. The number of alkyl halides is 3. The number of nitrogens with zero attached hydrogens (tertiary/aromatic N) is 2. The average molecular weight is 274 g/mol. The number of hydrogen-bond donors (Lipinski definition) is 1. The highest BCUT2D eigenvalue weighted by Gasteiger charge is 2.30. The monoisotopic (exact) mass is 273 g/mol. The summed E-state index contributed by atoms with van der Waals surface area (Å²) >= 11 is 5.59. The lowest BCUT2D eigenvalue weighted by molar-refractivity contribution is -0.137. The van der Waals surface area contributed by atoms with Crippen LogP contribution in [0.15, 0.2) is 30.3 Å². The van der Waals surface area contributed by atoms with Crippen LogP contribution in [0.4, 0.5) is 18.9 Å². The van der Waals surface area contributed by atoms with Crippen molar-refractivity contribution in [3.63, 3.8) is 0 Å². The van der Waals surface area contributed by atoms with Crippen molar-refractivity contribution in [1.29, 1.82) is 0 Å². The molecule has 94 valence electrons. The highest BCUT2D eigenvalue weighted by atomic mass is 35.5. The van der Waals surface area contributed by atoms with Crippen molar-refractivity contribution < 1.29 is 13.2 Å². The molecule has 0 spiro atoms. The molecule has 1 aromatic carbocycles. The standard InChI is InChI=1S/C11H7ClF3N3/c12-10-8(16)5-9(17-18-10)6-2-1-3-7(4-6)11(13,14)15/h1-5H,(H2,16,17). The summed E-state index contributed by atoms with van der Waals surface area (Å²) < 4.78 is 37.6. The molecule has 2 N–H and O–H groups in total. The summed E-state index contributed by atoms with van der Waals surface area (Å²) in [5.41, 5.74) is 5.45. The zero-order valence-electron chi connectivity index (χ0n) is 8.87. The molecular formula is C11H7ClF3N3. The molecule has 2 aromatic rings. The predicted molar refractivity (Wildman–Crippen MR) is 61.9 cm³/mol. The van der Waals surface area contributed by atoms with Crippen LogP contribution >= 0.6 is 11.6 Å². The first-order chi connectivity index (χ1) is 8.38. The van der Waals surface area contributed by atoms with E-state index in [1.54, 1.807) is 0 Å². The molecule has 0 atom stereocenters. The van der Waals surface area contributed by atoms with Gasteiger partial charge in [0, 0.05) is 5.56 Å². The van der Waals surface area contributed by atoms with E-state index in [0.717, 1.165) is 12.1 Å². The molecule has 0 radical (unpaired) electrons. The van der Waals surface area contributed by atoms with E-state index >= 15 is 0 Å². The summed E-state index contributed by atoms with van der Waals surface area (Å²) in [6.45, 7) is 0. The third kappa shape index (κ3) is 2.53. The molecule has 18 heavy (non-hydrogen) atoms. The van der Waals surface area contributed by atoms with Crippen LogP contribution in [0.25, 0.3) is 11.3 Å². The van der Waals surface area contributed by atoms with E-state index in [-0.39, 0.29) is 22.1 Å². The third-order valence-corrected chi connectivity index (χ3v) is 2.56. The van der Waals surface area contributed by atoms with Crippen LogP contribution in [0.5, 0.6) is 0 Å². The van der Waals surface area contributed by atoms with Crippen LogP contribution < -0.4 is 5.73 Å². The highest BCUT2D eigenvalue weighted by Crippen LogP contribution is 2.32. The van der Waals surface area contributed by atoms with Crippen molar-refractivity contribution in [1.82, 2.24) is 10.2 Å². The number of benzene rings is 1. The molecule has 0 saturated carbocycles. The Hall–Kier alpha value is -1.82. The molecule has 0 aliphatic rings. The Bertz CT molecular complexity index is 584. The van der Waals surface area contributed by atoms with Gasteiger partial charge >= 0.3 is 6.18 Å². The second-order valence-electron chi connectivity index (χ2n) is 3.55. The summed E-state index contributed by atoms with van der Waals surface area (Å²) in [5.74, 6) is 0. The molecular weight excluding hydrogens is 267 g/mol. The number of hydrogen-bond acceptors (Lipinski definition) is 3. The fourth-order valence-corrected chi connectivity index (χ4v) is 1.48. The molecule has 0 saturated heterocycles. The van der Waals surface area contributed by atoms with Gasteiger partial charge in [0.05, 0.1) is 16.9 Å². The van der Waals surface area contributed by atoms with Crippen LogP contribution in [0.1, 0.15) is 5.56 Å². The molecule has 3 nitrogen and oxygen atoms in total. The number of anilines is 1. The molecule has 0 aliphatic carbocycles. The lowest BCUT2D eigenvalue weighted by atomic mass is 10.1. The van der Waals surface area contributed by atoms with Crippen molar-refractivity contribution in [3.8, 4) is 11.3 Å². The van der Waals surface area contributed by atoms with Gasteiger partial charge in [0.15, 0.2) is 5.15 Å². The summed E-state index contributed by atoms with van der Waals surface area (Å²) in [5, 5.41) is 7.28. The molecule has 0 aliphatic heterocycles. The van der Waals surface area contributed by atoms with Gasteiger partial charge in [-0.3, -0.25) is 0 Å². The van der Waals surface area contributed by atoms with E-state index in [1.165, 1.54) is 18.2 Å². The Labute approximate surface area is 105 Å². The summed E-state index contributed by atoms with van der Waals surface area (Å²) in [7, 11) is 0. The first kappa shape index (κ1) is 12.6. The zero-order chi connectivity index (χ0) is 13.3. The van der Waals surface area contributed by atoms with Gasteiger partial charge in [-0.15, -0.1) is 10.2 Å². The van der Waals surface area contributed by atoms with Crippen LogP contribution in [-0.4, -0.2) is 10.2 Å². The van der Waals surface area contributed by atoms with E-state index in [9.17, 15) is 13.2 Å². The van der Waals surface area contributed by atoms with Gasteiger partial charge in [-0.05, 0) is 18.2 Å². The minimum absolute atomic E-state index is 0.0192.